The van der Waals surface area contributed by atoms with Gasteiger partial charge in [0.25, 0.3) is 5.91 Å². The Morgan fingerprint density at radius 2 is 1.94 bits per heavy atom. The second kappa shape index (κ2) is 4.69. The summed E-state index contributed by atoms with van der Waals surface area (Å²) in [5, 5.41) is 1.44. The van der Waals surface area contributed by atoms with Crippen LogP contribution in [-0.4, -0.2) is 17.6 Å². The summed E-state index contributed by atoms with van der Waals surface area (Å²) in [4.78, 5) is 17.7. The fourth-order valence-electron chi connectivity index (χ4n) is 1.99. The van der Waals surface area contributed by atoms with Crippen molar-refractivity contribution in [3.05, 3.63) is 35.6 Å². The Bertz CT molecular complexity index is 436. The van der Waals surface area contributed by atoms with Gasteiger partial charge >= 0.3 is 0 Å². The van der Waals surface area contributed by atoms with Gasteiger partial charge in [0.2, 0.25) is 0 Å². The average Bonchev–Trinajstić information content (AvgIpc) is 2.76. The molecule has 1 saturated heterocycles. The van der Waals surface area contributed by atoms with Crippen LogP contribution in [0.4, 0.5) is 4.39 Å². The second-order valence-corrected chi connectivity index (χ2v) is 5.57. The summed E-state index contributed by atoms with van der Waals surface area (Å²) in [5.41, 5.74) is 0.425. The van der Waals surface area contributed by atoms with Gasteiger partial charge in [0.05, 0.1) is 12.6 Å². The van der Waals surface area contributed by atoms with Crippen molar-refractivity contribution in [2.75, 3.05) is 6.61 Å². The average molecular weight is 251 g/mol. The molecule has 0 N–H and O–H groups in total. The van der Waals surface area contributed by atoms with E-state index in [0.717, 1.165) is 12.0 Å². The molecule has 0 spiro atoms. The second-order valence-electron chi connectivity index (χ2n) is 5.57. The Labute approximate surface area is 106 Å². The number of hydrogen-bond acceptors (Lipinski definition) is 2. The van der Waals surface area contributed by atoms with Gasteiger partial charge in [0, 0.05) is 11.8 Å². The molecule has 1 fully saturated rings. The van der Waals surface area contributed by atoms with Crippen molar-refractivity contribution < 1.29 is 14.0 Å². The van der Waals surface area contributed by atoms with Crippen LogP contribution in [0, 0.1) is 11.2 Å². The molecular weight excluding hydrogens is 233 g/mol. The van der Waals surface area contributed by atoms with E-state index in [0.29, 0.717) is 6.61 Å². The molecule has 0 bridgehead atoms. The lowest BCUT2D eigenvalue weighted by Crippen LogP contribution is -2.38. The van der Waals surface area contributed by atoms with E-state index in [2.05, 4.69) is 0 Å². The molecule has 1 aliphatic rings. The number of amides is 1. The fourth-order valence-corrected chi connectivity index (χ4v) is 1.99. The molecule has 1 unspecified atom stereocenters. The molecule has 0 aliphatic carbocycles. The molecule has 4 heteroatoms. The number of carbonyl (C=O) groups excluding carboxylic acids is 1. The number of rotatable bonds is 1. The summed E-state index contributed by atoms with van der Waals surface area (Å²) in [7, 11) is 0. The normalized spacial score (nSPS) is 20.2. The minimum atomic E-state index is -0.484. The van der Waals surface area contributed by atoms with Crippen LogP contribution in [0.3, 0.4) is 0 Å². The van der Waals surface area contributed by atoms with E-state index in [-0.39, 0.29) is 17.8 Å². The van der Waals surface area contributed by atoms with Gasteiger partial charge < -0.3 is 0 Å². The predicted molar refractivity (Wildman–Crippen MR) is 66.0 cm³/mol. The first-order valence-electron chi connectivity index (χ1n) is 6.11. The fraction of sp³-hybridized carbons (Fsp3) is 0.500. The largest absolute Gasteiger partial charge is 0.272 e. The molecule has 3 nitrogen and oxygen atoms in total. The smallest absolute Gasteiger partial charge is 0.252 e. The summed E-state index contributed by atoms with van der Waals surface area (Å²) >= 11 is 0. The third kappa shape index (κ3) is 2.53. The lowest BCUT2D eigenvalue weighted by Gasteiger charge is -2.29. The van der Waals surface area contributed by atoms with Gasteiger partial charge in [-0.2, -0.15) is 0 Å². The highest BCUT2D eigenvalue weighted by atomic mass is 19.1. The molecule has 1 aliphatic heterocycles. The Kier molecular flexibility index (Phi) is 3.39. The van der Waals surface area contributed by atoms with Gasteiger partial charge in [-0.3, -0.25) is 9.63 Å². The maximum Gasteiger partial charge on any atom is 0.252 e. The van der Waals surface area contributed by atoms with E-state index in [9.17, 15) is 9.18 Å². The van der Waals surface area contributed by atoms with E-state index in [1.54, 1.807) is 12.1 Å². The molecule has 98 valence electrons. The zero-order valence-corrected chi connectivity index (χ0v) is 10.9. The zero-order valence-electron chi connectivity index (χ0n) is 10.9. The highest BCUT2D eigenvalue weighted by molar-refractivity contribution is 5.81. The predicted octanol–water partition coefficient (Wildman–Crippen LogP) is 3.08. The quantitative estimate of drug-likeness (QED) is 0.767. The molecule has 1 aromatic rings. The highest BCUT2D eigenvalue weighted by Gasteiger charge is 2.37. The molecule has 0 radical (unpaired) electrons. The molecular formula is C14H18FNO2. The summed E-state index contributed by atoms with van der Waals surface area (Å²) in [6.07, 6.45) is 0.744. The van der Waals surface area contributed by atoms with Crippen molar-refractivity contribution in [1.82, 2.24) is 5.06 Å². The van der Waals surface area contributed by atoms with Crippen LogP contribution >= 0.6 is 0 Å². The number of hydroxylamine groups is 2. The van der Waals surface area contributed by atoms with Crippen LogP contribution in [-0.2, 0) is 9.63 Å². The lowest BCUT2D eigenvalue weighted by molar-refractivity contribution is -0.186. The van der Waals surface area contributed by atoms with E-state index >= 15 is 0 Å². The van der Waals surface area contributed by atoms with Crippen molar-refractivity contribution in [3.63, 3.8) is 0 Å². The highest BCUT2D eigenvalue weighted by Crippen LogP contribution is 2.33. The minimum absolute atomic E-state index is 0.0469. The Morgan fingerprint density at radius 1 is 1.33 bits per heavy atom. The van der Waals surface area contributed by atoms with Crippen LogP contribution in [0.5, 0.6) is 0 Å². The number of hydrogen-bond donors (Lipinski definition) is 0. The first-order chi connectivity index (χ1) is 8.39. The molecule has 1 amide bonds. The molecule has 0 saturated carbocycles. The van der Waals surface area contributed by atoms with Gasteiger partial charge in [-0.15, -0.1) is 0 Å². The number of benzene rings is 1. The maximum atomic E-state index is 12.9. The van der Waals surface area contributed by atoms with E-state index in [4.69, 9.17) is 4.84 Å². The first kappa shape index (κ1) is 13.0. The van der Waals surface area contributed by atoms with E-state index in [1.165, 1.54) is 17.2 Å². The summed E-state index contributed by atoms with van der Waals surface area (Å²) in [5.74, 6) is -0.319. The molecule has 2 rings (SSSR count). The number of halogens is 1. The molecule has 18 heavy (non-hydrogen) atoms. The van der Waals surface area contributed by atoms with Crippen molar-refractivity contribution in [2.24, 2.45) is 5.41 Å². The van der Waals surface area contributed by atoms with Crippen LogP contribution in [0.15, 0.2) is 24.3 Å². The molecule has 1 aromatic carbocycles. The van der Waals surface area contributed by atoms with Gasteiger partial charge in [0.15, 0.2) is 0 Å². The lowest BCUT2D eigenvalue weighted by atomic mass is 9.94. The molecule has 1 heterocycles. The maximum absolute atomic E-state index is 12.9. The zero-order chi connectivity index (χ0) is 13.3. The monoisotopic (exact) mass is 251 g/mol. The third-order valence-electron chi connectivity index (χ3n) is 3.00. The van der Waals surface area contributed by atoms with Crippen LogP contribution in [0.2, 0.25) is 0 Å². The van der Waals surface area contributed by atoms with Gasteiger partial charge in [-0.1, -0.05) is 32.9 Å². The van der Waals surface area contributed by atoms with Gasteiger partial charge in [-0.25, -0.2) is 9.45 Å². The van der Waals surface area contributed by atoms with Crippen LogP contribution < -0.4 is 0 Å². The van der Waals surface area contributed by atoms with E-state index in [1.807, 2.05) is 20.8 Å². The minimum Gasteiger partial charge on any atom is -0.272 e. The SMILES string of the molecule is CC(C)(C)C(=O)N1OCCC1c1ccc(F)cc1. The Balaban J connectivity index is 2.22. The van der Waals surface area contributed by atoms with Crippen LogP contribution in [0.1, 0.15) is 38.8 Å². The van der Waals surface area contributed by atoms with E-state index < -0.39 is 5.41 Å². The standard InChI is InChI=1S/C14H18FNO2/c1-14(2,3)13(17)16-12(8-9-18-16)10-4-6-11(15)7-5-10/h4-7,12H,8-9H2,1-3H3. The summed E-state index contributed by atoms with van der Waals surface area (Å²) in [6, 6.07) is 6.12. The van der Waals surface area contributed by atoms with Crippen molar-refractivity contribution in [2.45, 2.75) is 33.2 Å². The first-order valence-corrected chi connectivity index (χ1v) is 6.11. The molecule has 0 aromatic heterocycles. The third-order valence-corrected chi connectivity index (χ3v) is 3.00. The van der Waals surface area contributed by atoms with Gasteiger partial charge in [0.1, 0.15) is 5.82 Å². The number of carbonyl (C=O) groups is 1. The summed E-state index contributed by atoms with van der Waals surface area (Å²) < 4.78 is 12.9. The molecule has 1 atom stereocenters. The van der Waals surface area contributed by atoms with Crippen molar-refractivity contribution in [1.29, 1.82) is 0 Å². The van der Waals surface area contributed by atoms with Gasteiger partial charge in [-0.05, 0) is 17.7 Å². The Morgan fingerprint density at radius 3 is 2.50 bits per heavy atom. The van der Waals surface area contributed by atoms with Crippen molar-refractivity contribution in [3.8, 4) is 0 Å². The Hall–Kier alpha value is -1.42. The summed E-state index contributed by atoms with van der Waals surface area (Å²) in [6.45, 7) is 6.10. The van der Waals surface area contributed by atoms with Crippen LogP contribution in [0.25, 0.3) is 0 Å². The topological polar surface area (TPSA) is 29.5 Å². The number of nitrogens with zero attached hydrogens (tertiary/aromatic N) is 1. The van der Waals surface area contributed by atoms with Crippen molar-refractivity contribution >= 4 is 5.91 Å².